The van der Waals surface area contributed by atoms with Crippen molar-refractivity contribution in [3.8, 4) is 17.2 Å². The molecule has 2 N–H and O–H groups in total. The van der Waals surface area contributed by atoms with Gasteiger partial charge in [0.05, 0.1) is 17.8 Å². The normalized spacial score (nSPS) is 17.7. The molecule has 8 nitrogen and oxygen atoms in total. The van der Waals surface area contributed by atoms with Crippen LogP contribution in [0.4, 0.5) is 5.69 Å². The SMILES string of the molecule is Cc1ccc(NC(=O)CCN2C(=S)N[C@@H](c3ccccn3)[C@H]2c2cc(C)n(-c3ccc4c(c3)OCO4)c2C)cc1. The molecule has 0 spiro atoms. The average Bonchev–Trinajstić information content (AvgIpc) is 3.63. The zero-order valence-corrected chi connectivity index (χ0v) is 23.5. The summed E-state index contributed by atoms with van der Waals surface area (Å²) < 4.78 is 13.4. The van der Waals surface area contributed by atoms with E-state index in [1.807, 2.05) is 67.6 Å². The lowest BCUT2D eigenvalue weighted by Gasteiger charge is -2.28. The van der Waals surface area contributed by atoms with Crippen molar-refractivity contribution in [3.05, 3.63) is 101 Å². The van der Waals surface area contributed by atoms with Crippen LogP contribution >= 0.6 is 12.2 Å². The highest BCUT2D eigenvalue weighted by atomic mass is 32.1. The summed E-state index contributed by atoms with van der Waals surface area (Å²) in [5.41, 5.74) is 7.12. The Morgan fingerprint density at radius 1 is 1.05 bits per heavy atom. The number of hydrogen-bond acceptors (Lipinski definition) is 5. The number of aromatic nitrogens is 2. The van der Waals surface area contributed by atoms with Gasteiger partial charge in [0.2, 0.25) is 12.7 Å². The van der Waals surface area contributed by atoms with Crippen molar-refractivity contribution in [1.29, 1.82) is 0 Å². The third-order valence-electron chi connectivity index (χ3n) is 7.52. The van der Waals surface area contributed by atoms with Crippen LogP contribution in [0.3, 0.4) is 0 Å². The Hall–Kier alpha value is -4.37. The van der Waals surface area contributed by atoms with Crippen LogP contribution in [-0.2, 0) is 4.79 Å². The number of carbonyl (C=O) groups is 1. The van der Waals surface area contributed by atoms with Gasteiger partial charge in [-0.3, -0.25) is 9.78 Å². The first kappa shape index (κ1) is 25.9. The topological polar surface area (TPSA) is 80.7 Å². The summed E-state index contributed by atoms with van der Waals surface area (Å²) in [7, 11) is 0. The van der Waals surface area contributed by atoms with E-state index in [1.165, 1.54) is 0 Å². The van der Waals surface area contributed by atoms with Crippen molar-refractivity contribution in [3.63, 3.8) is 0 Å². The maximum Gasteiger partial charge on any atom is 0.231 e. The molecular weight excluding hydrogens is 522 g/mol. The van der Waals surface area contributed by atoms with Crippen LogP contribution in [0.2, 0.25) is 0 Å². The zero-order chi connectivity index (χ0) is 27.8. The lowest BCUT2D eigenvalue weighted by atomic mass is 9.96. The first-order chi connectivity index (χ1) is 19.4. The molecule has 204 valence electrons. The number of ether oxygens (including phenoxy) is 2. The van der Waals surface area contributed by atoms with Gasteiger partial charge >= 0.3 is 0 Å². The van der Waals surface area contributed by atoms with Crippen LogP contribution in [0.15, 0.2) is 72.9 Å². The number of amides is 1. The largest absolute Gasteiger partial charge is 0.454 e. The van der Waals surface area contributed by atoms with Gasteiger partial charge in [-0.15, -0.1) is 0 Å². The molecule has 6 rings (SSSR count). The first-order valence-corrected chi connectivity index (χ1v) is 13.7. The fourth-order valence-electron chi connectivity index (χ4n) is 5.58. The van der Waals surface area contributed by atoms with Crippen LogP contribution < -0.4 is 20.1 Å². The van der Waals surface area contributed by atoms with Gasteiger partial charge in [0.15, 0.2) is 16.6 Å². The second kappa shape index (κ2) is 10.7. The number of nitrogens with zero attached hydrogens (tertiary/aromatic N) is 3. The molecule has 0 saturated carbocycles. The number of hydrogen-bond donors (Lipinski definition) is 2. The van der Waals surface area contributed by atoms with E-state index >= 15 is 0 Å². The lowest BCUT2D eigenvalue weighted by Crippen LogP contribution is -2.32. The molecule has 9 heteroatoms. The van der Waals surface area contributed by atoms with Crippen molar-refractivity contribution in [2.75, 3.05) is 18.7 Å². The Kier molecular flexibility index (Phi) is 6.89. The smallest absolute Gasteiger partial charge is 0.231 e. The number of rotatable bonds is 7. The van der Waals surface area contributed by atoms with Crippen molar-refractivity contribution in [2.45, 2.75) is 39.3 Å². The summed E-state index contributed by atoms with van der Waals surface area (Å²) in [6.45, 7) is 6.93. The minimum absolute atomic E-state index is 0.0579. The highest BCUT2D eigenvalue weighted by Crippen LogP contribution is 2.42. The van der Waals surface area contributed by atoms with Crippen molar-refractivity contribution >= 4 is 28.9 Å². The first-order valence-electron chi connectivity index (χ1n) is 13.3. The van der Waals surface area contributed by atoms with Gasteiger partial charge < -0.3 is 29.6 Å². The van der Waals surface area contributed by atoms with Gasteiger partial charge in [-0.05, 0) is 81.0 Å². The molecule has 2 aliphatic rings. The summed E-state index contributed by atoms with van der Waals surface area (Å²) >= 11 is 5.84. The third kappa shape index (κ3) is 4.88. The Labute approximate surface area is 238 Å². The molecular formula is C31H31N5O3S. The minimum Gasteiger partial charge on any atom is -0.454 e. The highest BCUT2D eigenvalue weighted by Gasteiger charge is 2.41. The number of nitrogens with one attached hydrogen (secondary N) is 2. The van der Waals surface area contributed by atoms with Crippen molar-refractivity contribution < 1.29 is 14.3 Å². The maximum atomic E-state index is 12.9. The van der Waals surface area contributed by atoms with Gasteiger partial charge in [-0.2, -0.15) is 0 Å². The molecule has 0 radical (unpaired) electrons. The monoisotopic (exact) mass is 553 g/mol. The molecule has 1 saturated heterocycles. The van der Waals surface area contributed by atoms with E-state index < -0.39 is 0 Å². The molecule has 1 fully saturated rings. The molecule has 2 aliphatic heterocycles. The standard InChI is InChI=1S/C31H31N5O3S/c1-19-7-9-22(10-8-19)33-28(37)13-15-35-30(29(34-31(35)40)25-6-4-5-14-32-25)24-16-20(2)36(21(24)3)23-11-12-26-27(17-23)39-18-38-26/h4-12,14,16-17,29-30H,13,15,18H2,1-3H3,(H,33,37)(H,34,40)/t29-,30+/m0/s1. The second-order valence-electron chi connectivity index (χ2n) is 10.2. The molecule has 2 aromatic carbocycles. The fourth-order valence-corrected chi connectivity index (χ4v) is 5.91. The summed E-state index contributed by atoms with van der Waals surface area (Å²) in [6, 6.07) is 21.6. The number of benzene rings is 2. The summed E-state index contributed by atoms with van der Waals surface area (Å²) in [6.07, 6.45) is 2.09. The van der Waals surface area contributed by atoms with Gasteiger partial charge in [-0.1, -0.05) is 23.8 Å². The van der Waals surface area contributed by atoms with Crippen LogP contribution in [0.25, 0.3) is 5.69 Å². The predicted octanol–water partition coefficient (Wildman–Crippen LogP) is 5.53. The van der Waals surface area contributed by atoms with Gasteiger partial charge in [0.25, 0.3) is 0 Å². The van der Waals surface area contributed by atoms with Crippen LogP contribution in [-0.4, -0.2) is 38.8 Å². The van der Waals surface area contributed by atoms with E-state index in [2.05, 4.69) is 45.0 Å². The highest BCUT2D eigenvalue weighted by molar-refractivity contribution is 7.80. The van der Waals surface area contributed by atoms with Crippen LogP contribution in [0, 0.1) is 20.8 Å². The number of anilines is 1. The Balaban J connectivity index is 1.32. The quantitative estimate of drug-likeness (QED) is 0.292. The summed E-state index contributed by atoms with van der Waals surface area (Å²) in [5.74, 6) is 1.43. The molecule has 0 bridgehead atoms. The van der Waals surface area contributed by atoms with Crippen LogP contribution in [0.5, 0.6) is 11.5 Å². The molecule has 1 amide bonds. The van der Waals surface area contributed by atoms with Gasteiger partial charge in [0.1, 0.15) is 0 Å². The Bertz CT molecular complexity index is 1570. The summed E-state index contributed by atoms with van der Waals surface area (Å²) in [4.78, 5) is 19.7. The number of pyridine rings is 1. The van der Waals surface area contributed by atoms with Gasteiger partial charge in [-0.25, -0.2) is 0 Å². The molecule has 2 aromatic heterocycles. The molecule has 40 heavy (non-hydrogen) atoms. The number of aryl methyl sites for hydroxylation is 2. The molecule has 2 atom stereocenters. The third-order valence-corrected chi connectivity index (χ3v) is 7.87. The average molecular weight is 554 g/mol. The molecule has 0 unspecified atom stereocenters. The van der Waals surface area contributed by atoms with E-state index in [0.29, 0.717) is 18.1 Å². The Morgan fingerprint density at radius 3 is 2.62 bits per heavy atom. The van der Waals surface area contributed by atoms with Crippen molar-refractivity contribution in [2.24, 2.45) is 0 Å². The number of carbonyl (C=O) groups excluding carboxylic acids is 1. The maximum absolute atomic E-state index is 12.9. The molecule has 4 heterocycles. The molecule has 4 aromatic rings. The number of thiocarbonyl (C=S) groups is 1. The molecule has 0 aliphatic carbocycles. The van der Waals surface area contributed by atoms with Gasteiger partial charge in [0, 0.05) is 48.0 Å². The fraction of sp³-hybridized carbons (Fsp3) is 0.258. The van der Waals surface area contributed by atoms with Crippen molar-refractivity contribution in [1.82, 2.24) is 19.8 Å². The second-order valence-corrected chi connectivity index (χ2v) is 10.6. The zero-order valence-electron chi connectivity index (χ0n) is 22.7. The van der Waals surface area contributed by atoms with Crippen LogP contribution in [0.1, 0.15) is 46.7 Å². The van der Waals surface area contributed by atoms with E-state index in [9.17, 15) is 4.79 Å². The van der Waals surface area contributed by atoms with E-state index in [-0.39, 0.29) is 24.8 Å². The van der Waals surface area contributed by atoms with E-state index in [4.69, 9.17) is 21.7 Å². The number of fused-ring (bicyclic) bond motifs is 1. The van der Waals surface area contributed by atoms with E-state index in [0.717, 1.165) is 51.1 Å². The van der Waals surface area contributed by atoms with E-state index in [1.54, 1.807) is 6.20 Å². The Morgan fingerprint density at radius 2 is 1.85 bits per heavy atom. The minimum atomic E-state index is -0.167. The predicted molar refractivity (Wildman–Crippen MR) is 158 cm³/mol. The lowest BCUT2D eigenvalue weighted by molar-refractivity contribution is -0.116. The summed E-state index contributed by atoms with van der Waals surface area (Å²) in [5, 5.41) is 7.11.